The van der Waals surface area contributed by atoms with Gasteiger partial charge in [0, 0.05) is 5.54 Å². The molecule has 2 N–H and O–H groups in total. The van der Waals surface area contributed by atoms with E-state index in [9.17, 15) is 13.2 Å². The molecule has 0 saturated heterocycles. The van der Waals surface area contributed by atoms with Gasteiger partial charge in [-0.3, -0.25) is 4.79 Å². The van der Waals surface area contributed by atoms with Crippen molar-refractivity contribution in [2.24, 2.45) is 5.92 Å². The van der Waals surface area contributed by atoms with Gasteiger partial charge in [0.2, 0.25) is 15.9 Å². The van der Waals surface area contributed by atoms with Gasteiger partial charge in [-0.05, 0) is 33.1 Å². The molecule has 17 heavy (non-hydrogen) atoms. The summed E-state index contributed by atoms with van der Waals surface area (Å²) < 4.78 is 24.8. The van der Waals surface area contributed by atoms with E-state index in [-0.39, 0.29) is 17.4 Å². The number of amides is 1. The van der Waals surface area contributed by atoms with E-state index in [1.807, 2.05) is 34.6 Å². The Balaban J connectivity index is 4.75. The molecular formula is C11H24N2O3S. The SMILES string of the molecule is CC(C)CC(NS(C)(=O)=O)C(=O)NC(C)(C)C. The first-order valence-corrected chi connectivity index (χ1v) is 7.59. The molecule has 1 amide bonds. The molecule has 0 aromatic carbocycles. The van der Waals surface area contributed by atoms with E-state index in [0.717, 1.165) is 6.26 Å². The van der Waals surface area contributed by atoms with Crippen LogP contribution in [0.5, 0.6) is 0 Å². The predicted molar refractivity (Wildman–Crippen MR) is 69.1 cm³/mol. The summed E-state index contributed by atoms with van der Waals surface area (Å²) in [7, 11) is -3.38. The van der Waals surface area contributed by atoms with Gasteiger partial charge in [-0.1, -0.05) is 13.8 Å². The van der Waals surface area contributed by atoms with E-state index in [1.165, 1.54) is 0 Å². The Morgan fingerprint density at radius 2 is 1.71 bits per heavy atom. The number of hydrogen-bond acceptors (Lipinski definition) is 3. The van der Waals surface area contributed by atoms with Crippen LogP contribution in [0.3, 0.4) is 0 Å². The van der Waals surface area contributed by atoms with Crippen LogP contribution >= 0.6 is 0 Å². The molecule has 0 heterocycles. The van der Waals surface area contributed by atoms with Crippen molar-refractivity contribution in [2.75, 3.05) is 6.26 Å². The molecule has 0 rings (SSSR count). The molecule has 0 aromatic heterocycles. The summed E-state index contributed by atoms with van der Waals surface area (Å²) in [6.45, 7) is 9.47. The average molecular weight is 264 g/mol. The molecule has 0 aliphatic carbocycles. The second kappa shape index (κ2) is 5.82. The second-order valence-electron chi connectivity index (χ2n) is 5.81. The molecule has 0 aliphatic rings. The molecule has 5 nitrogen and oxygen atoms in total. The highest BCUT2D eigenvalue weighted by atomic mass is 32.2. The lowest BCUT2D eigenvalue weighted by molar-refractivity contribution is -0.124. The van der Waals surface area contributed by atoms with E-state index >= 15 is 0 Å². The minimum atomic E-state index is -3.38. The highest BCUT2D eigenvalue weighted by molar-refractivity contribution is 7.88. The lowest BCUT2D eigenvalue weighted by Crippen LogP contribution is -2.52. The number of nitrogens with one attached hydrogen (secondary N) is 2. The fourth-order valence-corrected chi connectivity index (χ4v) is 2.12. The van der Waals surface area contributed by atoms with Gasteiger partial charge in [0.25, 0.3) is 0 Å². The first-order valence-electron chi connectivity index (χ1n) is 5.70. The summed E-state index contributed by atoms with van der Waals surface area (Å²) >= 11 is 0. The number of sulfonamides is 1. The maximum Gasteiger partial charge on any atom is 0.238 e. The van der Waals surface area contributed by atoms with Crippen molar-refractivity contribution in [1.29, 1.82) is 0 Å². The highest BCUT2D eigenvalue weighted by Gasteiger charge is 2.25. The third-order valence-corrected chi connectivity index (χ3v) is 2.59. The summed E-state index contributed by atoms with van der Waals surface area (Å²) in [5.41, 5.74) is -0.370. The standard InChI is InChI=1S/C11H24N2O3S/c1-8(2)7-9(13-17(6,15)16)10(14)12-11(3,4)5/h8-9,13H,7H2,1-6H3,(H,12,14). The van der Waals surface area contributed by atoms with Crippen LogP contribution < -0.4 is 10.0 Å². The molecule has 0 aliphatic heterocycles. The van der Waals surface area contributed by atoms with Gasteiger partial charge >= 0.3 is 0 Å². The fraction of sp³-hybridized carbons (Fsp3) is 0.909. The van der Waals surface area contributed by atoms with Crippen molar-refractivity contribution in [3.05, 3.63) is 0 Å². The zero-order valence-corrected chi connectivity index (χ0v) is 12.3. The van der Waals surface area contributed by atoms with Crippen LogP contribution in [0, 0.1) is 5.92 Å². The smallest absolute Gasteiger partial charge is 0.238 e. The van der Waals surface area contributed by atoms with Crippen molar-refractivity contribution >= 4 is 15.9 Å². The molecule has 6 heteroatoms. The van der Waals surface area contributed by atoms with E-state index in [2.05, 4.69) is 10.0 Å². The van der Waals surface area contributed by atoms with Crippen LogP contribution in [0.25, 0.3) is 0 Å². The van der Waals surface area contributed by atoms with Crippen molar-refractivity contribution < 1.29 is 13.2 Å². The fourth-order valence-electron chi connectivity index (χ4n) is 1.40. The van der Waals surface area contributed by atoms with Crippen molar-refractivity contribution in [3.63, 3.8) is 0 Å². The zero-order valence-electron chi connectivity index (χ0n) is 11.5. The Bertz CT molecular complexity index is 355. The monoisotopic (exact) mass is 264 g/mol. The van der Waals surface area contributed by atoms with Gasteiger partial charge in [-0.15, -0.1) is 0 Å². The highest BCUT2D eigenvalue weighted by Crippen LogP contribution is 2.08. The van der Waals surface area contributed by atoms with Gasteiger partial charge in [0.05, 0.1) is 6.26 Å². The summed E-state index contributed by atoms with van der Waals surface area (Å²) in [6, 6.07) is -0.704. The molecule has 102 valence electrons. The number of rotatable bonds is 5. The third kappa shape index (κ3) is 9.12. The molecule has 1 unspecified atom stereocenters. The first-order chi connectivity index (χ1) is 7.41. The second-order valence-corrected chi connectivity index (χ2v) is 7.59. The largest absolute Gasteiger partial charge is 0.350 e. The molecule has 0 saturated carbocycles. The van der Waals surface area contributed by atoms with Crippen molar-refractivity contribution in [1.82, 2.24) is 10.0 Å². The van der Waals surface area contributed by atoms with E-state index in [4.69, 9.17) is 0 Å². The summed E-state index contributed by atoms with van der Waals surface area (Å²) in [6.07, 6.45) is 1.54. The molecule has 0 radical (unpaired) electrons. The van der Waals surface area contributed by atoms with Crippen molar-refractivity contribution in [2.45, 2.75) is 52.6 Å². The topological polar surface area (TPSA) is 75.3 Å². The minimum Gasteiger partial charge on any atom is -0.350 e. The van der Waals surface area contributed by atoms with Crippen LogP contribution in [0.4, 0.5) is 0 Å². The Morgan fingerprint density at radius 1 is 1.24 bits per heavy atom. The van der Waals surface area contributed by atoms with Crippen LogP contribution in [0.15, 0.2) is 0 Å². The number of hydrogen-bond donors (Lipinski definition) is 2. The van der Waals surface area contributed by atoms with Crippen molar-refractivity contribution in [3.8, 4) is 0 Å². The Morgan fingerprint density at radius 3 is 2.00 bits per heavy atom. The maximum absolute atomic E-state index is 11.9. The normalized spacial score (nSPS) is 14.8. The molecule has 0 aromatic rings. The summed E-state index contributed by atoms with van der Waals surface area (Å²) in [4.78, 5) is 11.9. The Hall–Kier alpha value is -0.620. The quantitative estimate of drug-likeness (QED) is 0.773. The zero-order chi connectivity index (χ0) is 13.9. The summed E-state index contributed by atoms with van der Waals surface area (Å²) in [5.74, 6) is -0.0448. The van der Waals surface area contributed by atoms with Gasteiger partial charge < -0.3 is 5.32 Å². The third-order valence-electron chi connectivity index (χ3n) is 1.88. The molecular weight excluding hydrogens is 240 g/mol. The van der Waals surface area contributed by atoms with Crippen LogP contribution in [-0.4, -0.2) is 32.2 Å². The van der Waals surface area contributed by atoms with Crippen LogP contribution in [0.1, 0.15) is 41.0 Å². The molecule has 1 atom stereocenters. The Labute approximate surface area is 104 Å². The van der Waals surface area contributed by atoms with Crippen LogP contribution in [-0.2, 0) is 14.8 Å². The summed E-state index contributed by atoms with van der Waals surface area (Å²) in [5, 5.41) is 2.78. The number of carbonyl (C=O) groups is 1. The van der Waals surface area contributed by atoms with Gasteiger partial charge in [-0.25, -0.2) is 13.1 Å². The molecule has 0 spiro atoms. The van der Waals surface area contributed by atoms with Gasteiger partial charge in [0.1, 0.15) is 6.04 Å². The lowest BCUT2D eigenvalue weighted by atomic mass is 10.0. The van der Waals surface area contributed by atoms with E-state index in [0.29, 0.717) is 6.42 Å². The number of carbonyl (C=O) groups excluding carboxylic acids is 1. The molecule has 0 fully saturated rings. The van der Waals surface area contributed by atoms with Gasteiger partial charge in [0.15, 0.2) is 0 Å². The molecule has 0 bridgehead atoms. The Kier molecular flexibility index (Phi) is 5.61. The van der Waals surface area contributed by atoms with E-state index in [1.54, 1.807) is 0 Å². The predicted octanol–water partition coefficient (Wildman–Crippen LogP) is 0.865. The van der Waals surface area contributed by atoms with Crippen LogP contribution in [0.2, 0.25) is 0 Å². The van der Waals surface area contributed by atoms with Gasteiger partial charge in [-0.2, -0.15) is 0 Å². The van der Waals surface area contributed by atoms with E-state index < -0.39 is 16.1 Å². The average Bonchev–Trinajstić information content (AvgIpc) is 1.95. The minimum absolute atomic E-state index is 0.236. The lowest BCUT2D eigenvalue weighted by Gasteiger charge is -2.25. The maximum atomic E-state index is 11.9. The first kappa shape index (κ1) is 16.4.